The van der Waals surface area contributed by atoms with Crippen LogP contribution in [0.2, 0.25) is 0 Å². The van der Waals surface area contributed by atoms with E-state index in [4.69, 9.17) is 4.74 Å². The first-order chi connectivity index (χ1) is 14.7. The quantitative estimate of drug-likeness (QED) is 0.635. The Hall–Kier alpha value is -2.89. The largest absolute Gasteiger partial charge is 0.496 e. The lowest BCUT2D eigenvalue weighted by Gasteiger charge is -2.22. The minimum absolute atomic E-state index is 0.0815. The molecule has 1 aliphatic rings. The first kappa shape index (κ1) is 20.4. The van der Waals surface area contributed by atoms with Crippen molar-refractivity contribution in [1.29, 1.82) is 0 Å². The normalized spacial score (nSPS) is 19.1. The van der Waals surface area contributed by atoms with Crippen molar-refractivity contribution in [3.63, 3.8) is 0 Å². The molecule has 0 unspecified atom stereocenters. The summed E-state index contributed by atoms with van der Waals surface area (Å²) in [4.78, 5) is 14.8. The molecule has 0 aromatic heterocycles. The highest BCUT2D eigenvalue weighted by Crippen LogP contribution is 2.29. The molecule has 1 aliphatic heterocycles. The number of benzene rings is 3. The average molecular weight is 404 g/mol. The van der Waals surface area contributed by atoms with Gasteiger partial charge in [0.1, 0.15) is 5.75 Å². The molecule has 5 heteroatoms. The number of likely N-dealkylation sites (tertiary alicyclic amines) is 1. The maximum absolute atomic E-state index is 12.5. The Morgan fingerprint density at radius 2 is 1.83 bits per heavy atom. The highest BCUT2D eigenvalue weighted by molar-refractivity contribution is 5.87. The molecule has 30 heavy (non-hydrogen) atoms. The van der Waals surface area contributed by atoms with Crippen LogP contribution in [0.1, 0.15) is 17.5 Å². The van der Waals surface area contributed by atoms with Crippen LogP contribution in [-0.4, -0.2) is 43.6 Å². The smallest absolute Gasteiger partial charge is 0.237 e. The van der Waals surface area contributed by atoms with Crippen LogP contribution in [0.25, 0.3) is 10.8 Å². The zero-order valence-electron chi connectivity index (χ0n) is 17.6. The van der Waals surface area contributed by atoms with Crippen LogP contribution in [0, 0.1) is 0 Å². The van der Waals surface area contributed by atoms with E-state index in [-0.39, 0.29) is 18.0 Å². The molecule has 0 saturated carbocycles. The summed E-state index contributed by atoms with van der Waals surface area (Å²) in [7, 11) is 3.43. The topological polar surface area (TPSA) is 53.6 Å². The molecule has 2 atom stereocenters. The first-order valence-corrected chi connectivity index (χ1v) is 10.5. The van der Waals surface area contributed by atoms with Crippen LogP contribution in [0.4, 0.5) is 0 Å². The minimum atomic E-state index is -0.123. The number of likely N-dealkylation sites (N-methyl/N-ethyl adjacent to an activating group) is 1. The van der Waals surface area contributed by atoms with E-state index in [0.29, 0.717) is 6.54 Å². The van der Waals surface area contributed by atoms with Gasteiger partial charge in [0.15, 0.2) is 0 Å². The second-order valence-electron chi connectivity index (χ2n) is 7.83. The number of nitrogens with zero attached hydrogens (tertiary/aromatic N) is 1. The minimum Gasteiger partial charge on any atom is -0.496 e. The Labute approximate surface area is 178 Å². The van der Waals surface area contributed by atoms with Crippen LogP contribution >= 0.6 is 0 Å². The molecule has 4 rings (SSSR count). The fourth-order valence-corrected chi connectivity index (χ4v) is 4.42. The van der Waals surface area contributed by atoms with E-state index in [0.717, 1.165) is 30.8 Å². The third-order valence-electron chi connectivity index (χ3n) is 5.97. The number of fused-ring (bicyclic) bond motifs is 1. The molecule has 1 heterocycles. The fraction of sp³-hybridized carbons (Fsp3) is 0.320. The van der Waals surface area contributed by atoms with Crippen molar-refractivity contribution in [2.45, 2.75) is 31.6 Å². The summed E-state index contributed by atoms with van der Waals surface area (Å²) in [5, 5.41) is 8.92. The number of nitrogens with one attached hydrogen (secondary N) is 2. The Morgan fingerprint density at radius 1 is 1.07 bits per heavy atom. The van der Waals surface area contributed by atoms with Gasteiger partial charge in [-0.1, -0.05) is 60.7 Å². The van der Waals surface area contributed by atoms with Gasteiger partial charge in [0, 0.05) is 38.3 Å². The summed E-state index contributed by atoms with van der Waals surface area (Å²) in [6.45, 7) is 2.31. The summed E-state index contributed by atoms with van der Waals surface area (Å²) in [5.74, 6) is 0.973. The van der Waals surface area contributed by atoms with Crippen molar-refractivity contribution in [2.75, 3.05) is 20.7 Å². The van der Waals surface area contributed by atoms with Gasteiger partial charge in [0.2, 0.25) is 5.91 Å². The van der Waals surface area contributed by atoms with Gasteiger partial charge in [-0.15, -0.1) is 0 Å². The first-order valence-electron chi connectivity index (χ1n) is 10.5. The number of hydrogen-bond acceptors (Lipinski definition) is 4. The van der Waals surface area contributed by atoms with Gasteiger partial charge in [-0.3, -0.25) is 9.69 Å². The van der Waals surface area contributed by atoms with Crippen molar-refractivity contribution in [1.82, 2.24) is 15.5 Å². The van der Waals surface area contributed by atoms with Crippen molar-refractivity contribution in [3.8, 4) is 5.75 Å². The average Bonchev–Trinajstić information content (AvgIpc) is 3.20. The molecule has 3 aromatic rings. The van der Waals surface area contributed by atoms with Crippen LogP contribution in [0.5, 0.6) is 5.75 Å². The van der Waals surface area contributed by atoms with Crippen molar-refractivity contribution in [3.05, 3.63) is 77.9 Å². The van der Waals surface area contributed by atoms with Crippen LogP contribution < -0.4 is 15.4 Å². The predicted molar refractivity (Wildman–Crippen MR) is 120 cm³/mol. The molecule has 1 saturated heterocycles. The molecular formula is C25H29N3O2. The van der Waals surface area contributed by atoms with E-state index in [1.165, 1.54) is 16.3 Å². The maximum Gasteiger partial charge on any atom is 0.237 e. The highest BCUT2D eigenvalue weighted by Gasteiger charge is 2.36. The second-order valence-corrected chi connectivity index (χ2v) is 7.83. The molecule has 5 nitrogen and oxygen atoms in total. The lowest BCUT2D eigenvalue weighted by atomic mass is 10.0. The predicted octanol–water partition coefficient (Wildman–Crippen LogP) is 3.33. The second kappa shape index (κ2) is 9.28. The van der Waals surface area contributed by atoms with Gasteiger partial charge >= 0.3 is 0 Å². The lowest BCUT2D eigenvalue weighted by molar-refractivity contribution is -0.125. The van der Waals surface area contributed by atoms with Gasteiger partial charge in [-0.25, -0.2) is 0 Å². The zero-order valence-corrected chi connectivity index (χ0v) is 17.6. The van der Waals surface area contributed by atoms with E-state index < -0.39 is 0 Å². The Kier molecular flexibility index (Phi) is 6.31. The van der Waals surface area contributed by atoms with Gasteiger partial charge in [0.05, 0.1) is 13.2 Å². The van der Waals surface area contributed by atoms with Gasteiger partial charge in [-0.2, -0.15) is 0 Å². The van der Waals surface area contributed by atoms with Crippen molar-refractivity contribution >= 4 is 16.7 Å². The molecule has 1 fully saturated rings. The van der Waals surface area contributed by atoms with E-state index >= 15 is 0 Å². The molecule has 1 amide bonds. The summed E-state index contributed by atoms with van der Waals surface area (Å²) < 4.78 is 5.63. The van der Waals surface area contributed by atoms with Gasteiger partial charge in [-0.05, 0) is 28.8 Å². The Morgan fingerprint density at radius 3 is 2.60 bits per heavy atom. The molecule has 0 bridgehead atoms. The maximum atomic E-state index is 12.5. The Balaban J connectivity index is 1.50. The number of amides is 1. The number of rotatable bonds is 7. The summed E-state index contributed by atoms with van der Waals surface area (Å²) >= 11 is 0. The fourth-order valence-electron chi connectivity index (χ4n) is 4.42. The van der Waals surface area contributed by atoms with Gasteiger partial charge in [0.25, 0.3) is 0 Å². The molecule has 2 N–H and O–H groups in total. The third-order valence-corrected chi connectivity index (χ3v) is 5.97. The number of methoxy groups -OCH3 is 1. The highest BCUT2D eigenvalue weighted by atomic mass is 16.5. The Bertz CT molecular complexity index is 1010. The molecule has 0 spiro atoms. The monoisotopic (exact) mass is 403 g/mol. The molecule has 156 valence electrons. The number of carbonyl (C=O) groups is 1. The van der Waals surface area contributed by atoms with E-state index in [1.54, 1.807) is 14.2 Å². The third kappa shape index (κ3) is 4.32. The number of ether oxygens (including phenoxy) is 1. The van der Waals surface area contributed by atoms with E-state index in [9.17, 15) is 4.79 Å². The summed E-state index contributed by atoms with van der Waals surface area (Å²) in [5.41, 5.74) is 2.39. The SMILES string of the molecule is CNC(=O)[C@@H]1C[C@H](NCc2c(OC)ccc3ccccc23)CN1Cc1ccccc1. The van der Waals surface area contributed by atoms with Crippen molar-refractivity contribution in [2.24, 2.45) is 0 Å². The van der Waals surface area contributed by atoms with E-state index in [2.05, 4.69) is 58.0 Å². The summed E-state index contributed by atoms with van der Waals surface area (Å²) in [6, 6.07) is 22.9. The van der Waals surface area contributed by atoms with Crippen LogP contribution in [0.3, 0.4) is 0 Å². The van der Waals surface area contributed by atoms with Crippen LogP contribution in [-0.2, 0) is 17.9 Å². The van der Waals surface area contributed by atoms with Crippen molar-refractivity contribution < 1.29 is 9.53 Å². The molecular weight excluding hydrogens is 374 g/mol. The molecule has 0 radical (unpaired) electrons. The van der Waals surface area contributed by atoms with Crippen LogP contribution in [0.15, 0.2) is 66.7 Å². The molecule has 0 aliphatic carbocycles. The number of carbonyl (C=O) groups excluding carboxylic acids is 1. The molecule has 3 aromatic carbocycles. The van der Waals surface area contributed by atoms with Gasteiger partial charge < -0.3 is 15.4 Å². The zero-order chi connectivity index (χ0) is 20.9. The lowest BCUT2D eigenvalue weighted by Crippen LogP contribution is -2.41. The standard InChI is InChI=1S/C25H29N3O2/c1-26-25(29)23-14-20(17-28(23)16-18-8-4-3-5-9-18)27-15-22-21-11-7-6-10-19(21)12-13-24(22)30-2/h3-13,20,23,27H,14-17H2,1-2H3,(H,26,29)/t20-,23-/m0/s1. The van der Waals surface area contributed by atoms with E-state index in [1.807, 2.05) is 24.3 Å². The summed E-state index contributed by atoms with van der Waals surface area (Å²) in [6.07, 6.45) is 0.791. The number of hydrogen-bond donors (Lipinski definition) is 2.